The molecular formula is C19H28N2O2Si. The molecule has 0 aliphatic heterocycles. The molecule has 0 bridgehead atoms. The molecule has 2 atom stereocenters. The van der Waals surface area contributed by atoms with Crippen LogP contribution in [0.5, 0.6) is 0 Å². The topological polar surface area (TPSA) is 47.3 Å². The summed E-state index contributed by atoms with van der Waals surface area (Å²) in [7, 11) is -1.88. The molecule has 3 rings (SSSR count). The van der Waals surface area contributed by atoms with Gasteiger partial charge in [-0.2, -0.15) is 5.10 Å². The number of nitrogens with zero attached hydrogens (tertiary/aromatic N) is 2. The molecule has 0 spiro atoms. The predicted molar refractivity (Wildman–Crippen MR) is 98.5 cm³/mol. The number of hydrogen-bond donors (Lipinski definition) is 1. The number of aliphatic hydroxyl groups excluding tert-OH is 1. The molecule has 2 aromatic rings. The first-order valence-electron chi connectivity index (χ1n) is 8.62. The molecule has 4 nitrogen and oxygen atoms in total. The van der Waals surface area contributed by atoms with Crippen LogP contribution < -0.4 is 0 Å². The van der Waals surface area contributed by atoms with Gasteiger partial charge in [-0.05, 0) is 29.3 Å². The fourth-order valence-electron chi connectivity index (χ4n) is 3.12. The van der Waals surface area contributed by atoms with Gasteiger partial charge < -0.3 is 9.53 Å². The second-order valence-electron chi connectivity index (χ2n) is 8.25. The van der Waals surface area contributed by atoms with Gasteiger partial charge in [0.05, 0.1) is 18.9 Å². The van der Waals surface area contributed by atoms with Gasteiger partial charge in [-0.1, -0.05) is 45.0 Å². The quantitative estimate of drug-likeness (QED) is 0.856. The van der Waals surface area contributed by atoms with Crippen molar-refractivity contribution in [3.63, 3.8) is 0 Å². The zero-order valence-electron chi connectivity index (χ0n) is 15.3. The Morgan fingerprint density at radius 1 is 1.29 bits per heavy atom. The lowest BCUT2D eigenvalue weighted by atomic mass is 10.1. The Bertz CT molecular complexity index is 718. The van der Waals surface area contributed by atoms with Crippen LogP contribution >= 0.6 is 0 Å². The van der Waals surface area contributed by atoms with E-state index >= 15 is 0 Å². The maximum atomic E-state index is 9.37. The highest BCUT2D eigenvalue weighted by atomic mass is 28.4. The number of hydrogen-bond acceptors (Lipinski definition) is 3. The van der Waals surface area contributed by atoms with E-state index < -0.39 is 8.32 Å². The highest BCUT2D eigenvalue weighted by Gasteiger charge is 2.44. The Labute approximate surface area is 145 Å². The fourth-order valence-corrected chi connectivity index (χ4v) is 4.45. The van der Waals surface area contributed by atoms with E-state index in [1.807, 2.05) is 10.9 Å². The molecule has 130 valence electrons. The summed E-state index contributed by atoms with van der Waals surface area (Å²) in [5.74, 6) is 0. The fraction of sp³-hybridized carbons (Fsp3) is 0.526. The number of aliphatic hydroxyl groups is 1. The highest BCUT2D eigenvalue weighted by Crippen LogP contribution is 2.43. The lowest BCUT2D eigenvalue weighted by molar-refractivity contribution is 0.146. The van der Waals surface area contributed by atoms with Crippen LogP contribution in [-0.4, -0.2) is 29.3 Å². The van der Waals surface area contributed by atoms with Crippen molar-refractivity contribution in [2.24, 2.45) is 0 Å². The third-order valence-electron chi connectivity index (χ3n) is 5.52. The van der Waals surface area contributed by atoms with Crippen LogP contribution in [0.4, 0.5) is 0 Å². The number of aromatic nitrogens is 2. The van der Waals surface area contributed by atoms with E-state index in [0.717, 1.165) is 12.0 Å². The molecule has 1 aliphatic carbocycles. The Kier molecular flexibility index (Phi) is 4.44. The standard InChI is InChI=1S/C19H28N2O2Si/c1-19(2,3)24(4,5)23-17-10-15-8-6-7-9-16(15)18(17)21-12-14(13-22)11-20-21/h6-9,11-12,17-18,22H,10,13H2,1-5H3. The highest BCUT2D eigenvalue weighted by molar-refractivity contribution is 6.74. The van der Waals surface area contributed by atoms with Gasteiger partial charge >= 0.3 is 0 Å². The first-order chi connectivity index (χ1) is 11.2. The molecule has 1 aliphatic rings. The monoisotopic (exact) mass is 344 g/mol. The molecule has 2 unspecified atom stereocenters. The summed E-state index contributed by atoms with van der Waals surface area (Å²) in [5, 5.41) is 14.0. The smallest absolute Gasteiger partial charge is 0.192 e. The molecular weight excluding hydrogens is 316 g/mol. The number of rotatable bonds is 4. The van der Waals surface area contributed by atoms with Crippen LogP contribution in [0, 0.1) is 0 Å². The summed E-state index contributed by atoms with van der Waals surface area (Å²) in [6, 6.07) is 8.61. The number of fused-ring (bicyclic) bond motifs is 1. The van der Waals surface area contributed by atoms with Crippen molar-refractivity contribution < 1.29 is 9.53 Å². The Balaban J connectivity index is 1.97. The van der Waals surface area contributed by atoms with E-state index in [1.54, 1.807) is 6.20 Å². The summed E-state index contributed by atoms with van der Waals surface area (Å²) in [5.41, 5.74) is 3.46. The summed E-state index contributed by atoms with van der Waals surface area (Å²) >= 11 is 0. The van der Waals surface area contributed by atoms with Gasteiger partial charge in [-0.3, -0.25) is 4.68 Å². The van der Waals surface area contributed by atoms with E-state index in [2.05, 4.69) is 63.2 Å². The van der Waals surface area contributed by atoms with Gasteiger partial charge in [0.25, 0.3) is 0 Å². The van der Waals surface area contributed by atoms with E-state index in [4.69, 9.17) is 4.43 Å². The maximum absolute atomic E-state index is 9.37. The second-order valence-corrected chi connectivity index (χ2v) is 13.0. The summed E-state index contributed by atoms with van der Waals surface area (Å²) < 4.78 is 8.74. The Morgan fingerprint density at radius 2 is 2.00 bits per heavy atom. The zero-order valence-corrected chi connectivity index (χ0v) is 16.3. The molecule has 0 fully saturated rings. The Morgan fingerprint density at radius 3 is 2.62 bits per heavy atom. The molecule has 24 heavy (non-hydrogen) atoms. The minimum atomic E-state index is -1.88. The first-order valence-corrected chi connectivity index (χ1v) is 11.5. The van der Waals surface area contributed by atoms with Gasteiger partial charge in [0, 0.05) is 18.2 Å². The normalized spacial score (nSPS) is 21.1. The first kappa shape index (κ1) is 17.4. The third kappa shape index (κ3) is 3.08. The summed E-state index contributed by atoms with van der Waals surface area (Å²) in [6.45, 7) is 11.4. The average molecular weight is 345 g/mol. The van der Waals surface area contributed by atoms with Gasteiger partial charge in [0.1, 0.15) is 6.04 Å². The molecule has 1 heterocycles. The molecule has 0 saturated carbocycles. The van der Waals surface area contributed by atoms with Crippen molar-refractivity contribution in [3.8, 4) is 0 Å². The minimum absolute atomic E-state index is 0.0160. The van der Waals surface area contributed by atoms with Crippen LogP contribution in [0.2, 0.25) is 18.1 Å². The molecule has 1 N–H and O–H groups in total. The summed E-state index contributed by atoms with van der Waals surface area (Å²) in [4.78, 5) is 0. The number of benzene rings is 1. The van der Waals surface area contributed by atoms with Crippen molar-refractivity contribution in [1.82, 2.24) is 9.78 Å². The van der Waals surface area contributed by atoms with Crippen molar-refractivity contribution in [2.75, 3.05) is 0 Å². The minimum Gasteiger partial charge on any atom is -0.411 e. The maximum Gasteiger partial charge on any atom is 0.192 e. The largest absolute Gasteiger partial charge is 0.411 e. The second kappa shape index (κ2) is 6.13. The Hall–Kier alpha value is -1.43. The molecule has 0 radical (unpaired) electrons. The van der Waals surface area contributed by atoms with Gasteiger partial charge in [0.2, 0.25) is 0 Å². The molecule has 1 aromatic carbocycles. The average Bonchev–Trinajstić information content (AvgIpc) is 3.08. The zero-order chi connectivity index (χ0) is 17.5. The summed E-state index contributed by atoms with van der Waals surface area (Å²) in [6.07, 6.45) is 4.69. The van der Waals surface area contributed by atoms with E-state index in [1.165, 1.54) is 11.1 Å². The van der Waals surface area contributed by atoms with Crippen molar-refractivity contribution in [3.05, 3.63) is 53.3 Å². The van der Waals surface area contributed by atoms with Crippen molar-refractivity contribution in [1.29, 1.82) is 0 Å². The van der Waals surface area contributed by atoms with Gasteiger partial charge in [-0.15, -0.1) is 0 Å². The van der Waals surface area contributed by atoms with Crippen LogP contribution in [0.25, 0.3) is 0 Å². The third-order valence-corrected chi connectivity index (χ3v) is 10.0. The SMILES string of the molecule is CC(C)(C)[Si](C)(C)OC1Cc2ccccc2C1n1cc(CO)cn1. The van der Waals surface area contributed by atoms with Crippen LogP contribution in [0.3, 0.4) is 0 Å². The van der Waals surface area contributed by atoms with Crippen molar-refractivity contribution in [2.45, 2.75) is 64.1 Å². The van der Waals surface area contributed by atoms with E-state index in [0.29, 0.717) is 0 Å². The predicted octanol–water partition coefficient (Wildman–Crippen LogP) is 3.91. The van der Waals surface area contributed by atoms with Crippen LogP contribution in [-0.2, 0) is 17.5 Å². The lowest BCUT2D eigenvalue weighted by Crippen LogP contribution is -2.45. The van der Waals surface area contributed by atoms with Gasteiger partial charge in [-0.25, -0.2) is 0 Å². The molecule has 0 saturated heterocycles. The molecule has 1 aromatic heterocycles. The van der Waals surface area contributed by atoms with E-state index in [-0.39, 0.29) is 23.8 Å². The van der Waals surface area contributed by atoms with Crippen LogP contribution in [0.15, 0.2) is 36.7 Å². The molecule has 0 amide bonds. The van der Waals surface area contributed by atoms with Crippen LogP contribution in [0.1, 0.15) is 43.5 Å². The van der Waals surface area contributed by atoms with Gasteiger partial charge in [0.15, 0.2) is 8.32 Å². The lowest BCUT2D eigenvalue weighted by Gasteiger charge is -2.40. The molecule has 5 heteroatoms. The van der Waals surface area contributed by atoms with E-state index in [9.17, 15) is 5.11 Å². The van der Waals surface area contributed by atoms with Crippen molar-refractivity contribution >= 4 is 8.32 Å².